The standard InChI is InChI=1S/C9H6O6.Ce.2H2O/c10-7(11)4-1-2-5(8(12)13)6(3-4)9(14)15;;;/h1-3H,(H,10,11)(H,12,13)(H,14,15);;2*1H2. The summed E-state index contributed by atoms with van der Waals surface area (Å²) in [6.07, 6.45) is 0. The number of carbonyl (C=O) groups is 3. The number of rotatable bonds is 3. The Balaban J connectivity index is -0.000000750. The van der Waals surface area contributed by atoms with E-state index in [1.807, 2.05) is 0 Å². The maximum atomic E-state index is 10.6. The number of hydrogen-bond acceptors (Lipinski definition) is 3. The second kappa shape index (κ2) is 8.94. The average Bonchev–Trinajstić information content (AvgIpc) is 2.16. The number of hydrogen-bond donors (Lipinski definition) is 3. The smallest absolute Gasteiger partial charge is 0.336 e. The largest absolute Gasteiger partial charge is 0.478 e. The van der Waals surface area contributed by atoms with Crippen LogP contribution in [0, 0.1) is 41.7 Å². The van der Waals surface area contributed by atoms with Crippen LogP contribution in [0.2, 0.25) is 0 Å². The first-order valence-corrected chi connectivity index (χ1v) is 3.77. The van der Waals surface area contributed by atoms with Crippen molar-refractivity contribution >= 4 is 17.9 Å². The first kappa shape index (κ1) is 22.1. The Labute approximate surface area is 134 Å². The summed E-state index contributed by atoms with van der Waals surface area (Å²) in [4.78, 5) is 31.8. The number of carboxylic acids is 3. The fourth-order valence-corrected chi connectivity index (χ4v) is 1.04. The summed E-state index contributed by atoms with van der Waals surface area (Å²) in [7, 11) is 0. The molecule has 0 radical (unpaired) electrons. The first-order chi connectivity index (χ1) is 6.93. The Kier molecular flexibility index (Phi) is 11.0. The molecule has 7 N–H and O–H groups in total. The molecule has 98 valence electrons. The molecular formula is C9H10CeO8. The van der Waals surface area contributed by atoms with E-state index < -0.39 is 29.0 Å². The fraction of sp³-hybridized carbons (Fsp3) is 0. The van der Waals surface area contributed by atoms with Crippen LogP contribution in [0.3, 0.4) is 0 Å². The van der Waals surface area contributed by atoms with E-state index in [0.717, 1.165) is 18.2 Å². The number of carboxylic acid groups (broad SMARTS) is 3. The number of aromatic carboxylic acids is 3. The van der Waals surface area contributed by atoms with Gasteiger partial charge in [-0.3, -0.25) is 0 Å². The van der Waals surface area contributed by atoms with E-state index in [1.54, 1.807) is 0 Å². The summed E-state index contributed by atoms with van der Waals surface area (Å²) in [5, 5.41) is 25.9. The van der Waals surface area contributed by atoms with Crippen molar-refractivity contribution in [3.8, 4) is 0 Å². The van der Waals surface area contributed by atoms with Gasteiger partial charge in [-0.15, -0.1) is 0 Å². The molecule has 0 saturated heterocycles. The molecule has 1 aromatic rings. The van der Waals surface area contributed by atoms with Crippen molar-refractivity contribution in [3.05, 3.63) is 34.9 Å². The average molecular weight is 386 g/mol. The van der Waals surface area contributed by atoms with Gasteiger partial charge in [-0.05, 0) is 18.2 Å². The van der Waals surface area contributed by atoms with Crippen molar-refractivity contribution in [1.82, 2.24) is 0 Å². The predicted molar refractivity (Wildman–Crippen MR) is 54.5 cm³/mol. The van der Waals surface area contributed by atoms with Crippen molar-refractivity contribution < 1.29 is 82.4 Å². The molecular weight excluding hydrogens is 376 g/mol. The van der Waals surface area contributed by atoms with Crippen LogP contribution in [0.5, 0.6) is 0 Å². The summed E-state index contributed by atoms with van der Waals surface area (Å²) in [6.45, 7) is 0. The summed E-state index contributed by atoms with van der Waals surface area (Å²) < 4.78 is 0. The quantitative estimate of drug-likeness (QED) is 0.608. The van der Waals surface area contributed by atoms with Gasteiger partial charge in [0.15, 0.2) is 0 Å². The molecule has 0 saturated carbocycles. The third-order valence-corrected chi connectivity index (χ3v) is 1.73. The van der Waals surface area contributed by atoms with Crippen LogP contribution in [-0.2, 0) is 0 Å². The molecule has 0 amide bonds. The molecule has 8 nitrogen and oxygen atoms in total. The summed E-state index contributed by atoms with van der Waals surface area (Å²) >= 11 is 0. The van der Waals surface area contributed by atoms with Gasteiger partial charge in [0.1, 0.15) is 0 Å². The second-order valence-corrected chi connectivity index (χ2v) is 2.68. The molecule has 18 heavy (non-hydrogen) atoms. The van der Waals surface area contributed by atoms with Gasteiger partial charge in [-0.1, -0.05) is 0 Å². The van der Waals surface area contributed by atoms with Crippen molar-refractivity contribution in [2.45, 2.75) is 0 Å². The van der Waals surface area contributed by atoms with Crippen LogP contribution in [0.25, 0.3) is 0 Å². The molecule has 0 unspecified atom stereocenters. The van der Waals surface area contributed by atoms with E-state index >= 15 is 0 Å². The Morgan fingerprint density at radius 2 is 1.22 bits per heavy atom. The maximum Gasteiger partial charge on any atom is 0.336 e. The van der Waals surface area contributed by atoms with Crippen molar-refractivity contribution in [2.75, 3.05) is 0 Å². The zero-order valence-electron chi connectivity index (χ0n) is 8.80. The van der Waals surface area contributed by atoms with Gasteiger partial charge in [0.05, 0.1) is 16.7 Å². The topological polar surface area (TPSA) is 175 Å². The summed E-state index contributed by atoms with van der Waals surface area (Å²) in [6, 6.07) is 2.81. The van der Waals surface area contributed by atoms with E-state index in [4.69, 9.17) is 15.3 Å². The molecule has 0 bridgehead atoms. The minimum absolute atomic E-state index is 0. The Hall–Kier alpha value is -1.07. The molecule has 0 atom stereocenters. The van der Waals surface area contributed by atoms with Crippen LogP contribution >= 0.6 is 0 Å². The summed E-state index contributed by atoms with van der Waals surface area (Å²) in [5.41, 5.74) is -1.24. The molecule has 9 heteroatoms. The minimum atomic E-state index is -1.48. The fourth-order valence-electron chi connectivity index (χ4n) is 1.04. The van der Waals surface area contributed by atoms with E-state index in [-0.39, 0.29) is 58.3 Å². The van der Waals surface area contributed by atoms with Crippen LogP contribution in [-0.4, -0.2) is 44.2 Å². The normalized spacial score (nSPS) is 8.00. The van der Waals surface area contributed by atoms with Crippen molar-refractivity contribution in [2.24, 2.45) is 0 Å². The molecule has 0 aliphatic rings. The Morgan fingerprint density at radius 3 is 1.56 bits per heavy atom. The molecule has 0 aromatic heterocycles. The third kappa shape index (κ3) is 5.06. The Bertz CT molecular complexity index is 456. The molecule has 0 aliphatic carbocycles. The molecule has 0 fully saturated rings. The molecule has 1 aromatic carbocycles. The van der Waals surface area contributed by atoms with Crippen LogP contribution in [0.1, 0.15) is 31.1 Å². The van der Waals surface area contributed by atoms with Gasteiger partial charge in [-0.25, -0.2) is 14.4 Å². The first-order valence-electron chi connectivity index (χ1n) is 3.77. The van der Waals surface area contributed by atoms with Gasteiger partial charge < -0.3 is 26.3 Å². The van der Waals surface area contributed by atoms with E-state index in [0.29, 0.717) is 0 Å². The SMILES string of the molecule is O.O.O=C(O)c1ccc(C(=O)O)c(C(=O)O)c1.[Ce]. The minimum Gasteiger partial charge on any atom is -0.478 e. The van der Waals surface area contributed by atoms with Gasteiger partial charge >= 0.3 is 17.9 Å². The second-order valence-electron chi connectivity index (χ2n) is 2.68. The number of benzene rings is 1. The monoisotopic (exact) mass is 386 g/mol. The van der Waals surface area contributed by atoms with Crippen molar-refractivity contribution in [1.29, 1.82) is 0 Å². The molecule has 1 rings (SSSR count). The van der Waals surface area contributed by atoms with Crippen LogP contribution in [0.15, 0.2) is 18.2 Å². The van der Waals surface area contributed by atoms with Crippen LogP contribution < -0.4 is 0 Å². The van der Waals surface area contributed by atoms with Gasteiger partial charge in [0.2, 0.25) is 0 Å². The van der Waals surface area contributed by atoms with Gasteiger partial charge in [-0.2, -0.15) is 0 Å². The third-order valence-electron chi connectivity index (χ3n) is 1.73. The van der Waals surface area contributed by atoms with Crippen molar-refractivity contribution in [3.63, 3.8) is 0 Å². The summed E-state index contributed by atoms with van der Waals surface area (Å²) in [5.74, 6) is -4.20. The molecule has 0 aliphatic heterocycles. The van der Waals surface area contributed by atoms with Gasteiger partial charge in [0.25, 0.3) is 0 Å². The van der Waals surface area contributed by atoms with Gasteiger partial charge in [0, 0.05) is 41.7 Å². The van der Waals surface area contributed by atoms with Crippen LogP contribution in [0.4, 0.5) is 0 Å². The molecule has 0 heterocycles. The zero-order valence-corrected chi connectivity index (χ0v) is 11.9. The zero-order chi connectivity index (χ0) is 11.6. The van der Waals surface area contributed by atoms with E-state index in [9.17, 15) is 14.4 Å². The van der Waals surface area contributed by atoms with E-state index in [2.05, 4.69) is 0 Å². The molecule has 0 spiro atoms. The maximum absolute atomic E-state index is 10.6. The predicted octanol–water partition coefficient (Wildman–Crippen LogP) is -0.868. The van der Waals surface area contributed by atoms with E-state index in [1.165, 1.54) is 0 Å². The Morgan fingerprint density at radius 1 is 0.778 bits per heavy atom.